The van der Waals surface area contributed by atoms with Gasteiger partial charge in [-0.15, -0.1) is 0 Å². The van der Waals surface area contributed by atoms with Crippen molar-refractivity contribution in [3.8, 4) is 11.5 Å². The molecule has 3 aromatic rings. The molecular formula is C21H19NO4. The number of nitrogens with one attached hydrogen (secondary N) is 1. The third-order valence-corrected chi connectivity index (χ3v) is 4.42. The number of hydrogen-bond acceptors (Lipinski definition) is 4. The smallest absolute Gasteiger partial charge is 0.255 e. The summed E-state index contributed by atoms with van der Waals surface area (Å²) in [6.07, 6.45) is 0.832. The molecule has 1 aliphatic heterocycles. The summed E-state index contributed by atoms with van der Waals surface area (Å²) in [5, 5.41) is 14.6. The highest BCUT2D eigenvalue weighted by molar-refractivity contribution is 6.08. The van der Waals surface area contributed by atoms with Gasteiger partial charge in [0.1, 0.15) is 17.6 Å². The van der Waals surface area contributed by atoms with Crippen LogP contribution < -0.4 is 10.1 Å². The van der Waals surface area contributed by atoms with E-state index in [0.29, 0.717) is 35.6 Å². The minimum Gasteiger partial charge on any atom is -0.507 e. The Labute approximate surface area is 151 Å². The fraction of sp³-hybridized carbons (Fsp3) is 0.190. The van der Waals surface area contributed by atoms with Crippen LogP contribution >= 0.6 is 0 Å². The van der Waals surface area contributed by atoms with Gasteiger partial charge in [-0.3, -0.25) is 4.79 Å². The van der Waals surface area contributed by atoms with Crippen molar-refractivity contribution < 1.29 is 19.4 Å². The van der Waals surface area contributed by atoms with Crippen LogP contribution in [-0.4, -0.2) is 30.3 Å². The summed E-state index contributed by atoms with van der Waals surface area (Å²) < 4.78 is 11.3. The second-order valence-corrected chi connectivity index (χ2v) is 6.27. The van der Waals surface area contributed by atoms with Gasteiger partial charge in [0.05, 0.1) is 18.9 Å². The number of hydrogen-bond donors (Lipinski definition) is 2. The molecule has 1 aliphatic rings. The lowest BCUT2D eigenvalue weighted by molar-refractivity contribution is 0.102. The predicted octanol–water partition coefficient (Wildman–Crippen LogP) is 3.97. The van der Waals surface area contributed by atoms with Crippen LogP contribution in [-0.2, 0) is 4.74 Å². The van der Waals surface area contributed by atoms with Gasteiger partial charge >= 0.3 is 0 Å². The van der Waals surface area contributed by atoms with Crippen molar-refractivity contribution in [2.45, 2.75) is 12.5 Å². The Morgan fingerprint density at radius 2 is 1.92 bits per heavy atom. The van der Waals surface area contributed by atoms with Crippen molar-refractivity contribution in [2.75, 3.05) is 18.5 Å². The van der Waals surface area contributed by atoms with E-state index in [1.807, 2.05) is 42.5 Å². The van der Waals surface area contributed by atoms with Crippen molar-refractivity contribution in [2.24, 2.45) is 0 Å². The molecule has 1 saturated heterocycles. The van der Waals surface area contributed by atoms with Gasteiger partial charge in [-0.25, -0.2) is 0 Å². The molecule has 0 bridgehead atoms. The van der Waals surface area contributed by atoms with Gasteiger partial charge in [-0.1, -0.05) is 36.4 Å². The molecule has 0 unspecified atom stereocenters. The first kappa shape index (κ1) is 16.4. The van der Waals surface area contributed by atoms with E-state index < -0.39 is 0 Å². The Balaban J connectivity index is 1.58. The molecule has 0 spiro atoms. The lowest BCUT2D eigenvalue weighted by Gasteiger charge is -2.16. The third kappa shape index (κ3) is 3.34. The van der Waals surface area contributed by atoms with Crippen molar-refractivity contribution >= 4 is 22.4 Å². The van der Waals surface area contributed by atoms with Crippen molar-refractivity contribution in [1.29, 1.82) is 0 Å². The summed E-state index contributed by atoms with van der Waals surface area (Å²) in [6, 6.07) is 18.0. The molecule has 5 nitrogen and oxygen atoms in total. The maximum atomic E-state index is 12.7. The summed E-state index contributed by atoms with van der Waals surface area (Å²) in [6.45, 7) is 1.25. The molecule has 3 aromatic carbocycles. The number of carbonyl (C=O) groups is 1. The second kappa shape index (κ2) is 7.06. The maximum absolute atomic E-state index is 12.7. The van der Waals surface area contributed by atoms with Crippen LogP contribution in [0.3, 0.4) is 0 Å². The van der Waals surface area contributed by atoms with E-state index in [4.69, 9.17) is 9.47 Å². The zero-order chi connectivity index (χ0) is 17.9. The van der Waals surface area contributed by atoms with Crippen molar-refractivity contribution in [3.05, 3.63) is 66.2 Å². The summed E-state index contributed by atoms with van der Waals surface area (Å²) in [5.74, 6) is 0.395. The highest BCUT2D eigenvalue weighted by Gasteiger charge is 2.19. The van der Waals surface area contributed by atoms with Crippen LogP contribution in [0, 0.1) is 0 Å². The van der Waals surface area contributed by atoms with Crippen LogP contribution in [0.5, 0.6) is 11.5 Å². The first-order valence-corrected chi connectivity index (χ1v) is 8.57. The number of phenolic OH excluding ortho intramolecular Hbond substituents is 1. The number of ether oxygens (including phenoxy) is 2. The number of aromatic hydroxyl groups is 1. The number of rotatable bonds is 4. The first-order chi connectivity index (χ1) is 12.7. The molecule has 4 rings (SSSR count). The molecule has 5 heteroatoms. The number of amides is 1. The Morgan fingerprint density at radius 3 is 2.77 bits per heavy atom. The zero-order valence-corrected chi connectivity index (χ0v) is 14.1. The van der Waals surface area contributed by atoms with E-state index in [-0.39, 0.29) is 17.8 Å². The van der Waals surface area contributed by atoms with Crippen LogP contribution in [0.2, 0.25) is 0 Å². The SMILES string of the molecule is O=C(Nc1ccccc1O[C@@H]1CCOC1)c1cc(O)c2ccccc2c1. The van der Waals surface area contributed by atoms with Gasteiger partial charge in [0.15, 0.2) is 0 Å². The van der Waals surface area contributed by atoms with Gasteiger partial charge in [-0.2, -0.15) is 0 Å². The Bertz CT molecular complexity index is 948. The molecule has 1 heterocycles. The summed E-state index contributed by atoms with van der Waals surface area (Å²) in [7, 11) is 0. The van der Waals surface area contributed by atoms with Gasteiger partial charge in [0, 0.05) is 17.4 Å². The summed E-state index contributed by atoms with van der Waals surface area (Å²) in [5.41, 5.74) is 0.984. The number of phenols is 1. The van der Waals surface area contributed by atoms with Gasteiger partial charge in [0.25, 0.3) is 5.91 Å². The second-order valence-electron chi connectivity index (χ2n) is 6.27. The minimum atomic E-state index is -0.301. The molecule has 0 saturated carbocycles. The quantitative estimate of drug-likeness (QED) is 0.748. The topological polar surface area (TPSA) is 67.8 Å². The third-order valence-electron chi connectivity index (χ3n) is 4.42. The molecule has 26 heavy (non-hydrogen) atoms. The number of para-hydroxylation sites is 2. The van der Waals surface area contributed by atoms with Crippen molar-refractivity contribution in [1.82, 2.24) is 0 Å². The fourth-order valence-corrected chi connectivity index (χ4v) is 3.07. The monoisotopic (exact) mass is 349 g/mol. The number of anilines is 1. The van der Waals surface area contributed by atoms with Crippen LogP contribution in [0.15, 0.2) is 60.7 Å². The molecule has 132 valence electrons. The minimum absolute atomic E-state index is 0.00207. The van der Waals surface area contributed by atoms with Crippen LogP contribution in [0.1, 0.15) is 16.8 Å². The number of fused-ring (bicyclic) bond motifs is 1. The number of benzene rings is 3. The molecule has 1 fully saturated rings. The first-order valence-electron chi connectivity index (χ1n) is 8.57. The normalized spacial score (nSPS) is 16.5. The average molecular weight is 349 g/mol. The lowest BCUT2D eigenvalue weighted by atomic mass is 10.1. The van der Waals surface area contributed by atoms with E-state index in [0.717, 1.165) is 11.8 Å². The number of carbonyl (C=O) groups excluding carboxylic acids is 1. The Morgan fingerprint density at radius 1 is 1.12 bits per heavy atom. The molecule has 0 aromatic heterocycles. The van der Waals surface area contributed by atoms with Gasteiger partial charge < -0.3 is 19.9 Å². The molecule has 2 N–H and O–H groups in total. The molecule has 1 atom stereocenters. The highest BCUT2D eigenvalue weighted by Crippen LogP contribution is 2.29. The van der Waals surface area contributed by atoms with E-state index in [9.17, 15) is 9.90 Å². The van der Waals surface area contributed by atoms with E-state index in [1.165, 1.54) is 6.07 Å². The van der Waals surface area contributed by atoms with Gasteiger partial charge in [0.2, 0.25) is 0 Å². The van der Waals surface area contributed by atoms with Crippen LogP contribution in [0.4, 0.5) is 5.69 Å². The zero-order valence-electron chi connectivity index (χ0n) is 14.1. The predicted molar refractivity (Wildman–Crippen MR) is 99.9 cm³/mol. The molecular weight excluding hydrogens is 330 g/mol. The average Bonchev–Trinajstić information content (AvgIpc) is 3.16. The van der Waals surface area contributed by atoms with Crippen molar-refractivity contribution in [3.63, 3.8) is 0 Å². The largest absolute Gasteiger partial charge is 0.507 e. The molecule has 0 aliphatic carbocycles. The Kier molecular flexibility index (Phi) is 4.46. The maximum Gasteiger partial charge on any atom is 0.255 e. The van der Waals surface area contributed by atoms with Crippen LogP contribution in [0.25, 0.3) is 10.8 Å². The van der Waals surface area contributed by atoms with Gasteiger partial charge in [-0.05, 0) is 29.7 Å². The standard InChI is InChI=1S/C21H19NO4/c23-19-12-15(11-14-5-1-2-6-17(14)19)21(24)22-18-7-3-4-8-20(18)26-16-9-10-25-13-16/h1-8,11-12,16,23H,9-10,13H2,(H,22,24)/t16-/m1/s1. The van der Waals surface area contributed by atoms with E-state index in [1.54, 1.807) is 12.1 Å². The lowest BCUT2D eigenvalue weighted by Crippen LogP contribution is -2.18. The summed E-state index contributed by atoms with van der Waals surface area (Å²) in [4.78, 5) is 12.7. The fourth-order valence-electron chi connectivity index (χ4n) is 3.07. The van der Waals surface area contributed by atoms with E-state index in [2.05, 4.69) is 5.32 Å². The molecule has 0 radical (unpaired) electrons. The highest BCUT2D eigenvalue weighted by atomic mass is 16.5. The Hall–Kier alpha value is -3.05. The summed E-state index contributed by atoms with van der Waals surface area (Å²) >= 11 is 0. The molecule has 1 amide bonds. The van der Waals surface area contributed by atoms with E-state index >= 15 is 0 Å².